The van der Waals surface area contributed by atoms with Crippen molar-refractivity contribution in [2.24, 2.45) is 0 Å². The number of aromatic nitrogens is 1. The van der Waals surface area contributed by atoms with Crippen LogP contribution in [0.1, 0.15) is 37.0 Å². The third-order valence-electron chi connectivity index (χ3n) is 3.02. The van der Waals surface area contributed by atoms with Gasteiger partial charge in [0.15, 0.2) is 0 Å². The fraction of sp³-hybridized carbons (Fsp3) is 0.500. The molecule has 0 spiro atoms. The van der Waals surface area contributed by atoms with Crippen LogP contribution in [0.5, 0.6) is 0 Å². The first-order chi connectivity index (χ1) is 9.97. The van der Waals surface area contributed by atoms with Gasteiger partial charge < -0.3 is 21.1 Å². The van der Waals surface area contributed by atoms with Crippen LogP contribution < -0.4 is 16.4 Å². The lowest BCUT2D eigenvalue weighted by atomic mass is 10.2. The second-order valence-corrected chi connectivity index (χ2v) is 4.70. The van der Waals surface area contributed by atoms with Gasteiger partial charge in [0.25, 0.3) is 0 Å². The van der Waals surface area contributed by atoms with Crippen molar-refractivity contribution in [1.29, 1.82) is 0 Å². The highest BCUT2D eigenvalue weighted by molar-refractivity contribution is 5.95. The lowest BCUT2D eigenvalue weighted by molar-refractivity contribution is -0.121. The van der Waals surface area contributed by atoms with Crippen LogP contribution >= 0.6 is 0 Å². The molecule has 7 heteroatoms. The van der Waals surface area contributed by atoms with Gasteiger partial charge in [-0.25, -0.2) is 9.78 Å². The van der Waals surface area contributed by atoms with Crippen LogP contribution in [-0.4, -0.2) is 36.6 Å². The number of rotatable bonds is 7. The molecule has 1 aromatic heterocycles. The molecule has 1 amide bonds. The molecular weight excluding hydrogens is 272 g/mol. The molecule has 0 aliphatic rings. The van der Waals surface area contributed by atoms with Gasteiger partial charge in [-0.1, -0.05) is 6.92 Å². The highest BCUT2D eigenvalue weighted by atomic mass is 16.5. The summed E-state index contributed by atoms with van der Waals surface area (Å²) < 4.78 is 4.63. The Morgan fingerprint density at radius 1 is 1.48 bits per heavy atom. The van der Waals surface area contributed by atoms with E-state index in [1.165, 1.54) is 19.4 Å². The molecule has 0 radical (unpaired) electrons. The van der Waals surface area contributed by atoms with Gasteiger partial charge in [-0.05, 0) is 19.4 Å². The van der Waals surface area contributed by atoms with Crippen LogP contribution in [0.25, 0.3) is 0 Å². The summed E-state index contributed by atoms with van der Waals surface area (Å²) in [6.07, 6.45) is 2.60. The Bertz CT molecular complexity index is 505. The number of hydrogen-bond donors (Lipinski definition) is 3. The van der Waals surface area contributed by atoms with Gasteiger partial charge in [0.2, 0.25) is 5.91 Å². The number of nitrogens with one attached hydrogen (secondary N) is 2. The molecule has 1 unspecified atom stereocenters. The highest BCUT2D eigenvalue weighted by Gasteiger charge is 2.12. The maximum Gasteiger partial charge on any atom is 0.340 e. The van der Waals surface area contributed by atoms with E-state index in [1.54, 1.807) is 0 Å². The third kappa shape index (κ3) is 5.29. The lowest BCUT2D eigenvalue weighted by Gasteiger charge is -2.12. The van der Waals surface area contributed by atoms with E-state index in [0.29, 0.717) is 18.8 Å². The first-order valence-electron chi connectivity index (χ1n) is 6.85. The van der Waals surface area contributed by atoms with E-state index in [9.17, 15) is 9.59 Å². The van der Waals surface area contributed by atoms with Crippen LogP contribution in [0, 0.1) is 0 Å². The van der Waals surface area contributed by atoms with Crippen molar-refractivity contribution < 1.29 is 14.3 Å². The standard InChI is InChI=1S/C14H22N4O3/c1-4-9(2)18-13(19)5-6-16-12-7-10(14(20)21-3)11(15)8-17-12/h7-9H,4-6,15H2,1-3H3,(H,16,17)(H,18,19). The number of methoxy groups -OCH3 is 1. The largest absolute Gasteiger partial charge is 0.465 e. The molecule has 4 N–H and O–H groups in total. The predicted octanol–water partition coefficient (Wildman–Crippen LogP) is 1.17. The maximum atomic E-state index is 11.6. The zero-order valence-corrected chi connectivity index (χ0v) is 12.6. The van der Waals surface area contributed by atoms with Crippen LogP contribution in [0.3, 0.4) is 0 Å². The number of hydrogen-bond acceptors (Lipinski definition) is 6. The number of pyridine rings is 1. The zero-order valence-electron chi connectivity index (χ0n) is 12.6. The average molecular weight is 294 g/mol. The predicted molar refractivity (Wildman–Crippen MR) is 81.0 cm³/mol. The van der Waals surface area contributed by atoms with Crippen molar-refractivity contribution in [3.63, 3.8) is 0 Å². The summed E-state index contributed by atoms with van der Waals surface area (Å²) in [5.41, 5.74) is 6.16. The molecule has 21 heavy (non-hydrogen) atoms. The first-order valence-corrected chi connectivity index (χ1v) is 6.85. The van der Waals surface area contributed by atoms with E-state index in [1.807, 2.05) is 13.8 Å². The summed E-state index contributed by atoms with van der Waals surface area (Å²) in [5.74, 6) is -0.0751. The van der Waals surface area contributed by atoms with Gasteiger partial charge in [-0.2, -0.15) is 0 Å². The molecule has 0 aliphatic carbocycles. The summed E-state index contributed by atoms with van der Waals surface area (Å²) in [6.45, 7) is 4.38. The number of carbonyl (C=O) groups excluding carboxylic acids is 2. The van der Waals surface area contributed by atoms with Crippen LogP contribution in [0.2, 0.25) is 0 Å². The van der Waals surface area contributed by atoms with Crippen LogP contribution in [-0.2, 0) is 9.53 Å². The number of carbonyl (C=O) groups is 2. The number of anilines is 2. The molecule has 0 saturated heterocycles. The molecule has 0 fully saturated rings. The number of nitrogen functional groups attached to an aromatic ring is 1. The van der Waals surface area contributed by atoms with Gasteiger partial charge in [-0.3, -0.25) is 4.79 Å². The summed E-state index contributed by atoms with van der Waals surface area (Å²) in [7, 11) is 1.29. The van der Waals surface area contributed by atoms with Crippen molar-refractivity contribution in [2.75, 3.05) is 24.7 Å². The summed E-state index contributed by atoms with van der Waals surface area (Å²) in [6, 6.07) is 1.67. The Morgan fingerprint density at radius 3 is 2.81 bits per heavy atom. The first kappa shape index (κ1) is 16.7. The van der Waals surface area contributed by atoms with Gasteiger partial charge in [0.05, 0.1) is 24.6 Å². The normalized spacial score (nSPS) is 11.6. The Balaban J connectivity index is 2.53. The molecular formula is C14H22N4O3. The van der Waals surface area contributed by atoms with E-state index in [4.69, 9.17) is 5.73 Å². The van der Waals surface area contributed by atoms with Gasteiger partial charge in [0, 0.05) is 19.0 Å². The molecule has 0 saturated carbocycles. The number of nitrogens with two attached hydrogens (primary N) is 1. The van der Waals surface area contributed by atoms with Gasteiger partial charge in [-0.15, -0.1) is 0 Å². The minimum atomic E-state index is -0.521. The summed E-state index contributed by atoms with van der Waals surface area (Å²) in [4.78, 5) is 27.2. The van der Waals surface area contributed by atoms with E-state index in [2.05, 4.69) is 20.4 Å². The Hall–Kier alpha value is -2.31. The van der Waals surface area contributed by atoms with Crippen molar-refractivity contribution in [2.45, 2.75) is 32.7 Å². The molecule has 0 bridgehead atoms. The third-order valence-corrected chi connectivity index (χ3v) is 3.02. The van der Waals surface area contributed by atoms with E-state index in [0.717, 1.165) is 6.42 Å². The minimum Gasteiger partial charge on any atom is -0.465 e. The average Bonchev–Trinajstić information content (AvgIpc) is 2.47. The zero-order chi connectivity index (χ0) is 15.8. The van der Waals surface area contributed by atoms with Crippen LogP contribution in [0.15, 0.2) is 12.3 Å². The molecule has 1 atom stereocenters. The lowest BCUT2D eigenvalue weighted by Crippen LogP contribution is -2.33. The maximum absolute atomic E-state index is 11.6. The van der Waals surface area contributed by atoms with Gasteiger partial charge in [0.1, 0.15) is 5.82 Å². The topological polar surface area (TPSA) is 106 Å². The summed E-state index contributed by atoms with van der Waals surface area (Å²) >= 11 is 0. The van der Waals surface area contributed by atoms with Crippen molar-refractivity contribution in [3.8, 4) is 0 Å². The molecule has 1 rings (SSSR count). The SMILES string of the molecule is CCC(C)NC(=O)CCNc1cc(C(=O)OC)c(N)cn1. The Kier molecular flexibility index (Phi) is 6.45. The van der Waals surface area contributed by atoms with Crippen molar-refractivity contribution in [3.05, 3.63) is 17.8 Å². The fourth-order valence-corrected chi connectivity index (χ4v) is 1.60. The highest BCUT2D eigenvalue weighted by Crippen LogP contribution is 2.15. The number of amides is 1. The fourth-order valence-electron chi connectivity index (χ4n) is 1.60. The number of esters is 1. The number of nitrogens with zero attached hydrogens (tertiary/aromatic N) is 1. The van der Waals surface area contributed by atoms with Gasteiger partial charge >= 0.3 is 5.97 Å². The van der Waals surface area contributed by atoms with E-state index in [-0.39, 0.29) is 23.2 Å². The second-order valence-electron chi connectivity index (χ2n) is 4.70. The quantitative estimate of drug-likeness (QED) is 0.652. The Morgan fingerprint density at radius 2 is 2.19 bits per heavy atom. The van der Waals surface area contributed by atoms with Crippen LogP contribution in [0.4, 0.5) is 11.5 Å². The number of ether oxygens (including phenoxy) is 1. The smallest absolute Gasteiger partial charge is 0.340 e. The summed E-state index contributed by atoms with van der Waals surface area (Å²) in [5, 5.41) is 5.85. The van der Waals surface area contributed by atoms with Crippen molar-refractivity contribution >= 4 is 23.4 Å². The molecule has 0 aliphatic heterocycles. The molecule has 116 valence electrons. The molecule has 1 heterocycles. The van der Waals surface area contributed by atoms with E-state index >= 15 is 0 Å². The Labute approximate surface area is 124 Å². The van der Waals surface area contributed by atoms with E-state index < -0.39 is 5.97 Å². The van der Waals surface area contributed by atoms with Crippen molar-refractivity contribution in [1.82, 2.24) is 10.3 Å². The minimum absolute atomic E-state index is 0.0273. The monoisotopic (exact) mass is 294 g/mol. The molecule has 7 nitrogen and oxygen atoms in total. The molecule has 1 aromatic rings. The second kappa shape index (κ2) is 8.08. The molecule has 0 aromatic carbocycles.